The molecule has 0 saturated carbocycles. The van der Waals surface area contributed by atoms with E-state index in [1.165, 1.54) is 20.3 Å². The van der Waals surface area contributed by atoms with Crippen LogP contribution < -0.4 is 0 Å². The van der Waals surface area contributed by atoms with Crippen LogP contribution in [0.5, 0.6) is 0 Å². The molecule has 2 unspecified atom stereocenters. The normalized spacial score (nSPS) is 16.4. The maximum Gasteiger partial charge on any atom is 0.180 e. The molecule has 104 valence electrons. The Morgan fingerprint density at radius 3 is 1.56 bits per heavy atom. The molecular weight excluding hydrogens is 264 g/mol. The molecule has 0 aromatic heterocycles. The quantitative estimate of drug-likeness (QED) is 0.519. The molecule has 0 amide bonds. The monoisotopic (exact) mass is 280 g/mol. The lowest BCUT2D eigenvalue weighted by atomic mass is 10.1. The van der Waals surface area contributed by atoms with Gasteiger partial charge >= 0.3 is 0 Å². The number of benzene rings is 1. The number of rotatable bonds is 5. The first kappa shape index (κ1) is 15.3. The summed E-state index contributed by atoms with van der Waals surface area (Å²) in [7, 11) is -1.46. The number of hydrogen-bond acceptors (Lipinski definition) is 7. The largest absolute Gasteiger partial charge is 0.364 e. The molecule has 0 fully saturated rings. The molecule has 0 radical (unpaired) electrons. The average Bonchev–Trinajstić information content (AvgIpc) is 2.35. The molecule has 0 spiro atoms. The molecule has 0 aliphatic heterocycles. The summed E-state index contributed by atoms with van der Waals surface area (Å²) in [6, 6.07) is 3.68. The Kier molecular flexibility index (Phi) is 5.08. The van der Waals surface area contributed by atoms with Crippen LogP contribution in [0.1, 0.15) is 23.7 Å². The second kappa shape index (κ2) is 5.95. The molecule has 1 aromatic carbocycles. The minimum absolute atomic E-state index is 0.148. The fraction of sp³-hybridized carbons (Fsp3) is 0.400. The lowest BCUT2D eigenvalue weighted by Crippen LogP contribution is -2.07. The highest BCUT2D eigenvalue weighted by Gasteiger charge is 2.21. The molecule has 8 heteroatoms. The molecule has 1 aromatic rings. The van der Waals surface area contributed by atoms with E-state index in [2.05, 4.69) is 9.47 Å². The lowest BCUT2D eigenvalue weighted by Gasteiger charge is -2.22. The van der Waals surface area contributed by atoms with Gasteiger partial charge in [-0.3, -0.25) is 0 Å². The number of ether oxygens (including phenoxy) is 2. The fourth-order valence-corrected chi connectivity index (χ4v) is 1.95. The zero-order valence-corrected chi connectivity index (χ0v) is 10.7. The van der Waals surface area contributed by atoms with Gasteiger partial charge in [0, 0.05) is 25.3 Å². The van der Waals surface area contributed by atoms with E-state index in [-0.39, 0.29) is 16.0 Å². The van der Waals surface area contributed by atoms with Gasteiger partial charge in [0.2, 0.25) is 0 Å². The van der Waals surface area contributed by atoms with Crippen LogP contribution in [0.25, 0.3) is 0 Å². The lowest BCUT2D eigenvalue weighted by molar-refractivity contribution is -0.0819. The van der Waals surface area contributed by atoms with Gasteiger partial charge < -0.3 is 33.3 Å². The summed E-state index contributed by atoms with van der Waals surface area (Å²) >= 11 is 0. The van der Waals surface area contributed by atoms with Gasteiger partial charge in [0.25, 0.3) is 0 Å². The van der Waals surface area contributed by atoms with Crippen LogP contribution >= 0.6 is 10.9 Å². The number of hydrogen-bond donors (Lipinski definition) is 5. The van der Waals surface area contributed by atoms with E-state index >= 15 is 0 Å². The van der Waals surface area contributed by atoms with E-state index in [0.29, 0.717) is 0 Å². The third-order valence-electron chi connectivity index (χ3n) is 2.28. The Bertz CT molecular complexity index is 375. The summed E-state index contributed by atoms with van der Waals surface area (Å²) in [5.41, 5.74) is 0.297. The van der Waals surface area contributed by atoms with Crippen LogP contribution in [-0.4, -0.2) is 38.1 Å². The number of aliphatic hydroxyl groups is 2. The van der Waals surface area contributed by atoms with E-state index in [9.17, 15) is 23.9 Å². The van der Waals surface area contributed by atoms with E-state index < -0.39 is 23.5 Å². The van der Waals surface area contributed by atoms with E-state index in [1.54, 1.807) is 0 Å². The molecule has 7 nitrogen and oxygen atoms in total. The minimum atomic E-state index is -3.96. The third-order valence-corrected chi connectivity index (χ3v) is 3.15. The van der Waals surface area contributed by atoms with Crippen LogP contribution in [0.15, 0.2) is 23.1 Å². The van der Waals surface area contributed by atoms with Crippen molar-refractivity contribution < 1.29 is 33.3 Å². The average molecular weight is 280 g/mol. The molecule has 18 heavy (non-hydrogen) atoms. The van der Waals surface area contributed by atoms with Crippen molar-refractivity contribution in [2.24, 2.45) is 0 Å². The first-order chi connectivity index (χ1) is 8.29. The first-order valence-electron chi connectivity index (χ1n) is 4.87. The smallest absolute Gasteiger partial charge is 0.180 e. The summed E-state index contributed by atoms with van der Waals surface area (Å²) in [5.74, 6) is 0. The van der Waals surface area contributed by atoms with Crippen molar-refractivity contribution in [3.8, 4) is 0 Å². The summed E-state index contributed by atoms with van der Waals surface area (Å²) in [6.07, 6.45) is -2.65. The van der Waals surface area contributed by atoms with Crippen LogP contribution in [0, 0.1) is 0 Å². The van der Waals surface area contributed by atoms with Gasteiger partial charge in [0.05, 0.1) is 4.90 Å². The Balaban J connectivity index is 3.29. The summed E-state index contributed by atoms with van der Waals surface area (Å²) in [6.45, 7) is 0. The molecule has 0 saturated heterocycles. The number of aliphatic hydroxyl groups excluding tert-OH is 2. The summed E-state index contributed by atoms with van der Waals surface area (Å²) in [4.78, 5) is -0.248. The van der Waals surface area contributed by atoms with Gasteiger partial charge in [0.1, 0.15) is 10.9 Å². The maximum atomic E-state index is 9.52. The second-order valence-corrected chi connectivity index (χ2v) is 5.04. The summed E-state index contributed by atoms with van der Waals surface area (Å²) in [5, 5.41) is 19.0. The topological polar surface area (TPSA) is 120 Å². The van der Waals surface area contributed by atoms with Crippen molar-refractivity contribution in [1.29, 1.82) is 0 Å². The summed E-state index contributed by atoms with van der Waals surface area (Å²) < 4.78 is 36.9. The van der Waals surface area contributed by atoms with Crippen molar-refractivity contribution in [2.45, 2.75) is 17.5 Å². The van der Waals surface area contributed by atoms with Gasteiger partial charge in [-0.25, -0.2) is 0 Å². The van der Waals surface area contributed by atoms with Gasteiger partial charge in [-0.15, -0.1) is 0 Å². The van der Waals surface area contributed by atoms with Crippen molar-refractivity contribution in [1.82, 2.24) is 0 Å². The Morgan fingerprint density at radius 1 is 0.889 bits per heavy atom. The van der Waals surface area contributed by atoms with Gasteiger partial charge in [0.15, 0.2) is 12.6 Å². The third kappa shape index (κ3) is 3.64. The number of methoxy groups -OCH3 is 2. The van der Waals surface area contributed by atoms with Crippen LogP contribution in [0.4, 0.5) is 0 Å². The maximum absolute atomic E-state index is 9.52. The van der Waals surface area contributed by atoms with Crippen molar-refractivity contribution in [2.75, 3.05) is 14.2 Å². The van der Waals surface area contributed by atoms with E-state index in [0.717, 1.165) is 12.1 Å². The molecule has 1 rings (SSSR count). The first-order valence-corrected chi connectivity index (χ1v) is 6.37. The predicted molar refractivity (Wildman–Crippen MR) is 64.1 cm³/mol. The Morgan fingerprint density at radius 2 is 1.28 bits per heavy atom. The molecular formula is C10H16O7S. The van der Waals surface area contributed by atoms with E-state index in [4.69, 9.17) is 0 Å². The highest BCUT2D eigenvalue weighted by molar-refractivity contribution is 8.19. The van der Waals surface area contributed by atoms with Gasteiger partial charge in [-0.05, 0) is 18.2 Å². The Hall–Kier alpha value is -0.710. The van der Waals surface area contributed by atoms with E-state index in [1.807, 2.05) is 0 Å². The van der Waals surface area contributed by atoms with Gasteiger partial charge in [-0.1, -0.05) is 0 Å². The van der Waals surface area contributed by atoms with Crippen molar-refractivity contribution in [3.63, 3.8) is 0 Å². The van der Waals surface area contributed by atoms with Crippen LogP contribution in [0.2, 0.25) is 0 Å². The second-order valence-electron chi connectivity index (χ2n) is 3.53. The highest BCUT2D eigenvalue weighted by Crippen LogP contribution is 2.45. The highest BCUT2D eigenvalue weighted by atomic mass is 32.3. The molecule has 5 N–H and O–H groups in total. The minimum Gasteiger partial charge on any atom is -0.364 e. The van der Waals surface area contributed by atoms with Crippen LogP contribution in [-0.2, 0) is 9.47 Å². The zero-order chi connectivity index (χ0) is 13.9. The molecule has 0 bridgehead atoms. The van der Waals surface area contributed by atoms with Crippen molar-refractivity contribution >= 4 is 10.9 Å². The zero-order valence-electron chi connectivity index (χ0n) is 9.85. The molecule has 0 aliphatic rings. The Labute approximate surface area is 106 Å². The van der Waals surface area contributed by atoms with Gasteiger partial charge in [-0.2, -0.15) is 0 Å². The molecule has 2 atom stereocenters. The fourth-order valence-electron chi connectivity index (χ4n) is 1.36. The van der Waals surface area contributed by atoms with Crippen molar-refractivity contribution in [3.05, 3.63) is 29.3 Å². The molecule has 0 heterocycles. The predicted octanol–water partition coefficient (Wildman–Crippen LogP) is 1.54. The molecule has 0 aliphatic carbocycles. The van der Waals surface area contributed by atoms with Crippen LogP contribution in [0.3, 0.4) is 0 Å². The SMILES string of the molecule is COC(O)c1cc(C(O)OC)cc(S(O)(O)O)c1. The standard InChI is InChI=1S/C10H16O7S/c1-16-9(11)6-3-7(10(12)17-2)5-8(4-6)18(13,14)15/h3-5,9-15H,1-2H3.